The van der Waals surface area contributed by atoms with Crippen LogP contribution < -0.4 is 5.73 Å². The molecule has 1 aliphatic rings. The average Bonchev–Trinajstić information content (AvgIpc) is 2.40. The van der Waals surface area contributed by atoms with Crippen molar-refractivity contribution in [3.8, 4) is 5.75 Å². The largest absolute Gasteiger partial charge is 0.508 e. The summed E-state index contributed by atoms with van der Waals surface area (Å²) in [4.78, 5) is 0. The fraction of sp³-hybridized carbons (Fsp3) is 0.667. The highest BCUT2D eigenvalue weighted by atomic mass is 16.3. The lowest BCUT2D eigenvalue weighted by Crippen LogP contribution is -2.36. The van der Waals surface area contributed by atoms with Gasteiger partial charge in [0, 0.05) is 6.04 Å². The van der Waals surface area contributed by atoms with E-state index in [0.29, 0.717) is 17.1 Å². The smallest absolute Gasteiger partial charge is 0.115 e. The van der Waals surface area contributed by atoms with Crippen LogP contribution in [0.5, 0.6) is 5.75 Å². The minimum atomic E-state index is 0.250. The monoisotopic (exact) mass is 275 g/mol. The zero-order valence-corrected chi connectivity index (χ0v) is 13.1. The summed E-state index contributed by atoms with van der Waals surface area (Å²) < 4.78 is 0. The first-order valence-corrected chi connectivity index (χ1v) is 7.90. The van der Waals surface area contributed by atoms with Gasteiger partial charge in [0.25, 0.3) is 0 Å². The molecule has 3 N–H and O–H groups in total. The number of phenols is 1. The van der Waals surface area contributed by atoms with Gasteiger partial charge in [-0.1, -0.05) is 32.9 Å². The van der Waals surface area contributed by atoms with Gasteiger partial charge in [0.1, 0.15) is 5.75 Å². The third kappa shape index (κ3) is 3.99. The molecule has 112 valence electrons. The lowest BCUT2D eigenvalue weighted by atomic mass is 9.68. The van der Waals surface area contributed by atoms with Crippen molar-refractivity contribution in [1.29, 1.82) is 0 Å². The molecule has 0 spiro atoms. The quantitative estimate of drug-likeness (QED) is 0.872. The number of aromatic hydroxyl groups is 1. The number of benzene rings is 1. The summed E-state index contributed by atoms with van der Waals surface area (Å²) in [6.07, 6.45) is 6.09. The Kier molecular flexibility index (Phi) is 4.74. The fourth-order valence-electron chi connectivity index (χ4n) is 3.48. The van der Waals surface area contributed by atoms with Gasteiger partial charge < -0.3 is 10.8 Å². The van der Waals surface area contributed by atoms with Gasteiger partial charge in [0.2, 0.25) is 0 Å². The molecule has 20 heavy (non-hydrogen) atoms. The van der Waals surface area contributed by atoms with Crippen molar-refractivity contribution in [1.82, 2.24) is 0 Å². The van der Waals surface area contributed by atoms with Gasteiger partial charge in [0.15, 0.2) is 0 Å². The van der Waals surface area contributed by atoms with E-state index in [0.717, 1.165) is 12.3 Å². The van der Waals surface area contributed by atoms with Gasteiger partial charge >= 0.3 is 0 Å². The summed E-state index contributed by atoms with van der Waals surface area (Å²) in [5.74, 6) is 1.83. The van der Waals surface area contributed by atoms with Crippen LogP contribution in [0.25, 0.3) is 0 Å². The summed E-state index contributed by atoms with van der Waals surface area (Å²) in [6, 6.07) is 7.71. The van der Waals surface area contributed by atoms with Crippen molar-refractivity contribution in [2.75, 3.05) is 0 Å². The third-order valence-electron chi connectivity index (χ3n) is 5.01. The fourth-order valence-corrected chi connectivity index (χ4v) is 3.48. The Balaban J connectivity index is 1.85. The van der Waals surface area contributed by atoms with E-state index < -0.39 is 0 Å². The van der Waals surface area contributed by atoms with E-state index in [4.69, 9.17) is 5.73 Å². The molecule has 0 saturated heterocycles. The van der Waals surface area contributed by atoms with Crippen molar-refractivity contribution in [3.05, 3.63) is 29.8 Å². The third-order valence-corrected chi connectivity index (χ3v) is 5.01. The minimum absolute atomic E-state index is 0.250. The van der Waals surface area contributed by atoms with Gasteiger partial charge in [-0.05, 0) is 67.1 Å². The Labute approximate surface area is 123 Å². The molecule has 1 atom stereocenters. The molecular formula is C18H29NO. The molecule has 1 saturated carbocycles. The second-order valence-electron chi connectivity index (χ2n) is 7.51. The van der Waals surface area contributed by atoms with Crippen molar-refractivity contribution < 1.29 is 5.11 Å². The van der Waals surface area contributed by atoms with Gasteiger partial charge in [-0.2, -0.15) is 0 Å². The Morgan fingerprint density at radius 3 is 2.15 bits per heavy atom. The number of phenolic OH excluding ortho intramolecular Hbond substituents is 1. The molecule has 1 aromatic carbocycles. The molecule has 1 aromatic rings. The van der Waals surface area contributed by atoms with Gasteiger partial charge in [0.05, 0.1) is 0 Å². The van der Waals surface area contributed by atoms with E-state index in [-0.39, 0.29) is 6.04 Å². The lowest BCUT2D eigenvalue weighted by molar-refractivity contribution is 0.139. The Morgan fingerprint density at radius 2 is 1.65 bits per heavy atom. The molecule has 2 rings (SSSR count). The maximum atomic E-state index is 9.31. The molecule has 0 aromatic heterocycles. The SMILES string of the molecule is CC(C)(C)C1CCC(C(N)Cc2ccc(O)cc2)CC1. The highest BCUT2D eigenvalue weighted by molar-refractivity contribution is 5.26. The number of hydrogen-bond acceptors (Lipinski definition) is 2. The second kappa shape index (κ2) is 6.17. The lowest BCUT2D eigenvalue weighted by Gasteiger charge is -2.38. The zero-order valence-electron chi connectivity index (χ0n) is 13.1. The minimum Gasteiger partial charge on any atom is -0.508 e. The normalized spacial score (nSPS) is 25.4. The average molecular weight is 275 g/mol. The summed E-state index contributed by atoms with van der Waals surface area (Å²) in [6.45, 7) is 7.07. The predicted octanol–water partition coefficient (Wildman–Crippen LogP) is 4.11. The molecular weight excluding hydrogens is 246 g/mol. The Hall–Kier alpha value is -1.02. The van der Waals surface area contributed by atoms with E-state index in [1.54, 1.807) is 12.1 Å². The maximum absolute atomic E-state index is 9.31. The summed E-state index contributed by atoms with van der Waals surface area (Å²) in [5, 5.41) is 9.31. The van der Waals surface area contributed by atoms with E-state index in [1.807, 2.05) is 12.1 Å². The first kappa shape index (κ1) is 15.4. The standard InChI is InChI=1S/C18H29NO/c1-18(2,3)15-8-6-14(7-9-15)17(19)12-13-4-10-16(20)11-5-13/h4-5,10-11,14-15,17,20H,6-9,12,19H2,1-3H3. The van der Waals surface area contributed by atoms with Crippen LogP contribution in [-0.4, -0.2) is 11.1 Å². The van der Waals surface area contributed by atoms with Crippen LogP contribution in [0.4, 0.5) is 0 Å². The van der Waals surface area contributed by atoms with Crippen molar-refractivity contribution in [2.45, 2.75) is 58.9 Å². The number of nitrogens with two attached hydrogens (primary N) is 1. The highest BCUT2D eigenvalue weighted by Crippen LogP contribution is 2.40. The molecule has 1 aliphatic carbocycles. The summed E-state index contributed by atoms with van der Waals surface area (Å²) >= 11 is 0. The number of rotatable bonds is 3. The zero-order chi connectivity index (χ0) is 14.8. The van der Waals surface area contributed by atoms with Gasteiger partial charge in [-0.3, -0.25) is 0 Å². The van der Waals surface area contributed by atoms with E-state index in [9.17, 15) is 5.11 Å². The van der Waals surface area contributed by atoms with Gasteiger partial charge in [-0.25, -0.2) is 0 Å². The van der Waals surface area contributed by atoms with Crippen molar-refractivity contribution in [2.24, 2.45) is 23.0 Å². The second-order valence-corrected chi connectivity index (χ2v) is 7.51. The summed E-state index contributed by atoms with van der Waals surface area (Å²) in [5.41, 5.74) is 8.08. The maximum Gasteiger partial charge on any atom is 0.115 e. The summed E-state index contributed by atoms with van der Waals surface area (Å²) in [7, 11) is 0. The van der Waals surface area contributed by atoms with Gasteiger partial charge in [-0.15, -0.1) is 0 Å². The number of hydrogen-bond donors (Lipinski definition) is 2. The Bertz CT molecular complexity index is 410. The molecule has 0 radical (unpaired) electrons. The van der Waals surface area contributed by atoms with E-state index in [1.165, 1.54) is 31.2 Å². The van der Waals surface area contributed by atoms with Crippen LogP contribution in [0.1, 0.15) is 52.0 Å². The predicted molar refractivity (Wildman–Crippen MR) is 84.7 cm³/mol. The van der Waals surface area contributed by atoms with Crippen LogP contribution in [-0.2, 0) is 6.42 Å². The molecule has 0 aliphatic heterocycles. The first-order chi connectivity index (χ1) is 9.36. The van der Waals surface area contributed by atoms with Crippen LogP contribution >= 0.6 is 0 Å². The van der Waals surface area contributed by atoms with Crippen LogP contribution in [0, 0.1) is 17.3 Å². The van der Waals surface area contributed by atoms with Crippen molar-refractivity contribution >= 4 is 0 Å². The van der Waals surface area contributed by atoms with Crippen LogP contribution in [0.3, 0.4) is 0 Å². The molecule has 1 unspecified atom stereocenters. The Morgan fingerprint density at radius 1 is 1.10 bits per heavy atom. The van der Waals surface area contributed by atoms with E-state index >= 15 is 0 Å². The van der Waals surface area contributed by atoms with Crippen molar-refractivity contribution in [3.63, 3.8) is 0 Å². The topological polar surface area (TPSA) is 46.2 Å². The molecule has 1 fully saturated rings. The first-order valence-electron chi connectivity index (χ1n) is 7.90. The molecule has 2 nitrogen and oxygen atoms in total. The molecule has 0 bridgehead atoms. The molecule has 0 heterocycles. The van der Waals surface area contributed by atoms with Crippen LogP contribution in [0.2, 0.25) is 0 Å². The highest BCUT2D eigenvalue weighted by Gasteiger charge is 2.31. The molecule has 0 amide bonds. The van der Waals surface area contributed by atoms with E-state index in [2.05, 4.69) is 20.8 Å². The molecule has 2 heteroatoms. The van der Waals surface area contributed by atoms with Crippen LogP contribution in [0.15, 0.2) is 24.3 Å².